The molecule has 1 aliphatic heterocycles. The van der Waals surface area contributed by atoms with E-state index >= 15 is 0 Å². The Bertz CT molecular complexity index is 730. The third kappa shape index (κ3) is 5.53. The van der Waals surface area contributed by atoms with Gasteiger partial charge in [-0.1, -0.05) is 30.3 Å². The second-order valence-corrected chi connectivity index (χ2v) is 9.56. The molecule has 0 bridgehead atoms. The number of rotatable bonds is 6. The summed E-state index contributed by atoms with van der Waals surface area (Å²) in [6.45, 7) is 2.48. The fraction of sp³-hybridized carbons (Fsp3) is 0.650. The molecule has 1 saturated heterocycles. The largest absolute Gasteiger partial charge is 0.376 e. The first-order chi connectivity index (χ1) is 12.8. The summed E-state index contributed by atoms with van der Waals surface area (Å²) in [5, 5.41) is 0. The van der Waals surface area contributed by atoms with Crippen LogP contribution in [-0.2, 0) is 19.6 Å². The van der Waals surface area contributed by atoms with Crippen LogP contribution in [0.1, 0.15) is 50.5 Å². The average molecular weight is 395 g/mol. The fourth-order valence-electron chi connectivity index (χ4n) is 4.39. The lowest BCUT2D eigenvalue weighted by Gasteiger charge is -2.32. The molecule has 2 aliphatic rings. The number of carbonyl (C=O) groups is 1. The van der Waals surface area contributed by atoms with E-state index in [2.05, 4.69) is 29.0 Å². The summed E-state index contributed by atoms with van der Waals surface area (Å²) in [7, 11) is -3.31. The molecule has 1 amide bonds. The fourth-order valence-corrected chi connectivity index (χ4v) is 5.21. The zero-order valence-corrected chi connectivity index (χ0v) is 17.0. The number of carbonyl (C=O) groups excluding carboxylic acids is 1. The van der Waals surface area contributed by atoms with E-state index in [0.29, 0.717) is 25.5 Å². The maximum absolute atomic E-state index is 11.9. The quantitative estimate of drug-likeness (QED) is 0.803. The molecular weight excluding hydrogens is 364 g/mol. The van der Waals surface area contributed by atoms with Crippen LogP contribution in [0.4, 0.5) is 0 Å². The molecule has 1 aliphatic carbocycles. The monoisotopic (exact) mass is 394 g/mol. The van der Waals surface area contributed by atoms with Crippen LogP contribution in [0.5, 0.6) is 0 Å². The summed E-state index contributed by atoms with van der Waals surface area (Å²) in [6, 6.07) is 10.1. The van der Waals surface area contributed by atoms with Gasteiger partial charge in [-0.25, -0.2) is 13.1 Å². The number of hydrogen-bond donors (Lipinski definition) is 1. The number of ether oxygens (including phenoxy) is 1. The molecule has 150 valence electrons. The van der Waals surface area contributed by atoms with Gasteiger partial charge in [-0.05, 0) is 43.6 Å². The van der Waals surface area contributed by atoms with Crippen LogP contribution < -0.4 is 4.72 Å². The van der Waals surface area contributed by atoms with E-state index in [9.17, 15) is 13.2 Å². The Kier molecular flexibility index (Phi) is 6.55. The minimum absolute atomic E-state index is 0.0332. The molecule has 1 saturated carbocycles. The Morgan fingerprint density at radius 2 is 1.81 bits per heavy atom. The molecule has 1 heterocycles. The molecule has 1 N–H and O–H groups in total. The zero-order chi connectivity index (χ0) is 19.4. The minimum atomic E-state index is -3.31. The third-order valence-corrected chi connectivity index (χ3v) is 6.49. The van der Waals surface area contributed by atoms with E-state index in [0.717, 1.165) is 31.9 Å². The molecule has 27 heavy (non-hydrogen) atoms. The first-order valence-electron chi connectivity index (χ1n) is 9.74. The summed E-state index contributed by atoms with van der Waals surface area (Å²) in [5.41, 5.74) is 1.40. The van der Waals surface area contributed by atoms with Crippen molar-refractivity contribution in [3.63, 3.8) is 0 Å². The molecule has 1 aromatic rings. The number of nitrogens with one attached hydrogen (secondary N) is 1. The van der Waals surface area contributed by atoms with Gasteiger partial charge in [0.2, 0.25) is 15.9 Å². The lowest BCUT2D eigenvalue weighted by molar-refractivity contribution is -0.131. The van der Waals surface area contributed by atoms with E-state index < -0.39 is 10.0 Å². The highest BCUT2D eigenvalue weighted by molar-refractivity contribution is 7.88. The normalized spacial score (nSPS) is 29.0. The van der Waals surface area contributed by atoms with Gasteiger partial charge in [0.15, 0.2) is 0 Å². The Balaban J connectivity index is 1.53. The highest BCUT2D eigenvalue weighted by Gasteiger charge is 2.38. The van der Waals surface area contributed by atoms with Crippen LogP contribution >= 0.6 is 0 Å². The zero-order valence-electron chi connectivity index (χ0n) is 16.1. The van der Waals surface area contributed by atoms with Gasteiger partial charge in [0.1, 0.15) is 0 Å². The molecule has 0 unspecified atom stereocenters. The maximum atomic E-state index is 11.9. The van der Waals surface area contributed by atoms with Crippen molar-refractivity contribution in [2.24, 2.45) is 0 Å². The van der Waals surface area contributed by atoms with E-state index in [-0.39, 0.29) is 24.1 Å². The van der Waals surface area contributed by atoms with Crippen LogP contribution in [-0.4, -0.2) is 56.8 Å². The molecule has 1 aromatic carbocycles. The number of nitrogens with zero attached hydrogens (tertiary/aromatic N) is 1. The molecule has 3 rings (SSSR count). The van der Waals surface area contributed by atoms with Gasteiger partial charge < -0.3 is 9.64 Å². The number of benzene rings is 1. The molecule has 0 radical (unpaired) electrons. The third-order valence-electron chi connectivity index (χ3n) is 5.76. The van der Waals surface area contributed by atoms with Gasteiger partial charge in [-0.3, -0.25) is 4.79 Å². The van der Waals surface area contributed by atoms with Crippen LogP contribution in [0, 0.1) is 0 Å². The molecule has 2 fully saturated rings. The van der Waals surface area contributed by atoms with Crippen molar-refractivity contribution >= 4 is 15.9 Å². The maximum Gasteiger partial charge on any atom is 0.219 e. The smallest absolute Gasteiger partial charge is 0.219 e. The highest BCUT2D eigenvalue weighted by atomic mass is 32.2. The summed E-state index contributed by atoms with van der Waals surface area (Å²) in [5.74, 6) is 0.556. The van der Waals surface area contributed by atoms with Crippen LogP contribution in [0.3, 0.4) is 0 Å². The predicted molar refractivity (Wildman–Crippen MR) is 105 cm³/mol. The van der Waals surface area contributed by atoms with Gasteiger partial charge in [0.05, 0.1) is 25.0 Å². The van der Waals surface area contributed by atoms with E-state index in [1.54, 1.807) is 4.90 Å². The van der Waals surface area contributed by atoms with Gasteiger partial charge >= 0.3 is 0 Å². The summed E-state index contributed by atoms with van der Waals surface area (Å²) in [6.07, 6.45) is 6.15. The molecule has 0 aromatic heterocycles. The van der Waals surface area contributed by atoms with E-state index in [1.807, 2.05) is 6.07 Å². The van der Waals surface area contributed by atoms with Crippen LogP contribution in [0.15, 0.2) is 30.3 Å². The second kappa shape index (κ2) is 8.71. The van der Waals surface area contributed by atoms with E-state index in [4.69, 9.17) is 4.74 Å². The van der Waals surface area contributed by atoms with Gasteiger partial charge in [0.25, 0.3) is 0 Å². The predicted octanol–water partition coefficient (Wildman–Crippen LogP) is 2.27. The molecule has 7 heteroatoms. The van der Waals surface area contributed by atoms with Crippen molar-refractivity contribution in [3.8, 4) is 0 Å². The standard InChI is InChI=1S/C20H30N2O4S/c1-15(23)22-13-12-19(21-27(2,24)25)20(22)14-26-18-10-8-17(9-11-18)16-6-4-3-5-7-16/h3-7,17-21H,8-14H2,1-2H3/t17?,18?,19-,20-/m0/s1. The van der Waals surface area contributed by atoms with Crippen molar-refractivity contribution in [2.45, 2.75) is 63.1 Å². The number of amides is 1. The van der Waals surface area contributed by atoms with Crippen molar-refractivity contribution in [1.29, 1.82) is 0 Å². The van der Waals surface area contributed by atoms with Crippen molar-refractivity contribution in [3.05, 3.63) is 35.9 Å². The molecule has 0 spiro atoms. The van der Waals surface area contributed by atoms with Crippen molar-refractivity contribution < 1.29 is 17.9 Å². The molecule has 6 nitrogen and oxygen atoms in total. The Hall–Kier alpha value is -1.44. The van der Waals surface area contributed by atoms with Crippen LogP contribution in [0.2, 0.25) is 0 Å². The Morgan fingerprint density at radius 3 is 2.41 bits per heavy atom. The molecule has 2 atom stereocenters. The Labute approximate surface area is 162 Å². The average Bonchev–Trinajstić information content (AvgIpc) is 3.02. The number of sulfonamides is 1. The van der Waals surface area contributed by atoms with Crippen molar-refractivity contribution in [1.82, 2.24) is 9.62 Å². The number of hydrogen-bond acceptors (Lipinski definition) is 4. The SMILES string of the molecule is CC(=O)N1CC[C@H](NS(C)(=O)=O)[C@@H]1COC1CCC(c2ccccc2)CC1. The van der Waals surface area contributed by atoms with E-state index in [1.165, 1.54) is 12.5 Å². The highest BCUT2D eigenvalue weighted by Crippen LogP contribution is 2.34. The minimum Gasteiger partial charge on any atom is -0.376 e. The van der Waals surface area contributed by atoms with Gasteiger partial charge in [-0.15, -0.1) is 0 Å². The number of likely N-dealkylation sites (tertiary alicyclic amines) is 1. The topological polar surface area (TPSA) is 75.7 Å². The van der Waals surface area contributed by atoms with Gasteiger partial charge in [0, 0.05) is 19.5 Å². The molecular formula is C20H30N2O4S. The first kappa shape index (κ1) is 20.3. The lowest BCUT2D eigenvalue weighted by atomic mass is 9.83. The van der Waals surface area contributed by atoms with Gasteiger partial charge in [-0.2, -0.15) is 0 Å². The lowest BCUT2D eigenvalue weighted by Crippen LogP contribution is -2.49. The summed E-state index contributed by atoms with van der Waals surface area (Å²) < 4.78 is 32.1. The summed E-state index contributed by atoms with van der Waals surface area (Å²) in [4.78, 5) is 13.6. The first-order valence-corrected chi connectivity index (χ1v) is 11.6. The van der Waals surface area contributed by atoms with Crippen LogP contribution in [0.25, 0.3) is 0 Å². The van der Waals surface area contributed by atoms with Crippen molar-refractivity contribution in [2.75, 3.05) is 19.4 Å². The Morgan fingerprint density at radius 1 is 1.15 bits per heavy atom. The summed E-state index contributed by atoms with van der Waals surface area (Å²) >= 11 is 0. The second-order valence-electron chi connectivity index (χ2n) is 7.78.